The number of aromatic nitrogens is 3. The monoisotopic (exact) mass is 443 g/mol. The molecule has 3 heterocycles. The van der Waals surface area contributed by atoms with Crippen LogP contribution in [-0.4, -0.2) is 55.5 Å². The van der Waals surface area contributed by atoms with E-state index < -0.39 is 0 Å². The molecule has 8 heteroatoms. The Morgan fingerprint density at radius 2 is 1.67 bits per heavy atom. The molecule has 0 radical (unpaired) electrons. The van der Waals surface area contributed by atoms with E-state index in [1.807, 2.05) is 60.8 Å². The van der Waals surface area contributed by atoms with Gasteiger partial charge in [-0.1, -0.05) is 18.2 Å². The Balaban J connectivity index is 1.58. The lowest BCUT2D eigenvalue weighted by Crippen LogP contribution is -2.36. The Labute approximate surface area is 192 Å². The molecule has 0 aliphatic carbocycles. The smallest absolute Gasteiger partial charge is 0.163 e. The molecule has 0 atom stereocenters. The van der Waals surface area contributed by atoms with Crippen molar-refractivity contribution in [3.05, 3.63) is 60.8 Å². The highest BCUT2D eigenvalue weighted by Crippen LogP contribution is 2.36. The minimum Gasteiger partial charge on any atom is -0.493 e. The summed E-state index contributed by atoms with van der Waals surface area (Å²) in [6.45, 7) is 3.12. The second-order valence-electron chi connectivity index (χ2n) is 7.62. The van der Waals surface area contributed by atoms with Gasteiger partial charge in [0.1, 0.15) is 11.6 Å². The van der Waals surface area contributed by atoms with Crippen LogP contribution in [0.2, 0.25) is 0 Å². The Hall–Kier alpha value is -3.91. The molecule has 1 N–H and O–H groups in total. The number of fused-ring (bicyclic) bond motifs is 1. The number of nitrogens with zero attached hydrogens (tertiary/aromatic N) is 4. The third-order valence-electron chi connectivity index (χ3n) is 5.58. The highest BCUT2D eigenvalue weighted by molar-refractivity contribution is 5.94. The standard InChI is InChI=1S/C25H25N5O3/c1-31-21-14-19-20(15-22(21)32-2)28-24(29-25(19)27-18-6-4-3-5-7-18)17-8-9-23(26-16-17)30-10-12-33-13-11-30/h3-9,14-16H,10-13H2,1-2H3,(H,27,28,29). The molecule has 1 fully saturated rings. The molecule has 2 aromatic heterocycles. The topological polar surface area (TPSA) is 81.6 Å². The summed E-state index contributed by atoms with van der Waals surface area (Å²) in [5.74, 6) is 3.42. The van der Waals surface area contributed by atoms with Gasteiger partial charge in [0.25, 0.3) is 0 Å². The van der Waals surface area contributed by atoms with E-state index in [2.05, 4.69) is 15.2 Å². The maximum absolute atomic E-state index is 5.50. The quantitative estimate of drug-likeness (QED) is 0.473. The molecule has 0 saturated carbocycles. The molecule has 4 aromatic rings. The highest BCUT2D eigenvalue weighted by atomic mass is 16.5. The molecule has 168 valence electrons. The summed E-state index contributed by atoms with van der Waals surface area (Å²) in [6, 6.07) is 17.7. The van der Waals surface area contributed by atoms with Crippen LogP contribution in [0, 0.1) is 0 Å². The number of anilines is 3. The van der Waals surface area contributed by atoms with Crippen molar-refractivity contribution < 1.29 is 14.2 Å². The molecule has 33 heavy (non-hydrogen) atoms. The van der Waals surface area contributed by atoms with Gasteiger partial charge in [0.15, 0.2) is 17.3 Å². The van der Waals surface area contributed by atoms with Crippen LogP contribution >= 0.6 is 0 Å². The van der Waals surface area contributed by atoms with Crippen molar-refractivity contribution in [3.63, 3.8) is 0 Å². The summed E-state index contributed by atoms with van der Waals surface area (Å²) >= 11 is 0. The number of hydrogen-bond acceptors (Lipinski definition) is 8. The van der Waals surface area contributed by atoms with Gasteiger partial charge in [0.2, 0.25) is 0 Å². The van der Waals surface area contributed by atoms with Gasteiger partial charge in [0, 0.05) is 42.0 Å². The molecule has 0 unspecified atom stereocenters. The molecular weight excluding hydrogens is 418 g/mol. The molecule has 2 aromatic carbocycles. The normalized spacial score (nSPS) is 13.7. The largest absolute Gasteiger partial charge is 0.493 e. The Morgan fingerprint density at radius 3 is 2.36 bits per heavy atom. The van der Waals surface area contributed by atoms with Gasteiger partial charge in [-0.3, -0.25) is 0 Å². The zero-order valence-corrected chi connectivity index (χ0v) is 18.6. The van der Waals surface area contributed by atoms with Crippen molar-refractivity contribution in [2.24, 2.45) is 0 Å². The summed E-state index contributed by atoms with van der Waals surface area (Å²) in [5, 5.41) is 4.25. The fraction of sp³-hybridized carbons (Fsp3) is 0.240. The van der Waals surface area contributed by atoms with Crippen molar-refractivity contribution in [1.82, 2.24) is 15.0 Å². The number of methoxy groups -OCH3 is 2. The Bertz CT molecular complexity index is 1240. The first kappa shape index (κ1) is 21.0. The maximum Gasteiger partial charge on any atom is 0.163 e. The minimum absolute atomic E-state index is 0.578. The Kier molecular flexibility index (Phi) is 5.91. The summed E-state index contributed by atoms with van der Waals surface area (Å²) in [7, 11) is 3.23. The molecular formula is C25H25N5O3. The van der Waals surface area contributed by atoms with Crippen molar-refractivity contribution in [1.29, 1.82) is 0 Å². The molecule has 5 rings (SSSR count). The first-order valence-electron chi connectivity index (χ1n) is 10.8. The fourth-order valence-corrected chi connectivity index (χ4v) is 3.84. The van der Waals surface area contributed by atoms with Crippen LogP contribution in [0.1, 0.15) is 0 Å². The summed E-state index contributed by atoms with van der Waals surface area (Å²) in [4.78, 5) is 16.5. The van der Waals surface area contributed by atoms with Crippen molar-refractivity contribution in [3.8, 4) is 22.9 Å². The second-order valence-corrected chi connectivity index (χ2v) is 7.62. The van der Waals surface area contributed by atoms with Crippen LogP contribution in [0.3, 0.4) is 0 Å². The van der Waals surface area contributed by atoms with E-state index in [-0.39, 0.29) is 0 Å². The number of ether oxygens (including phenoxy) is 3. The molecule has 0 amide bonds. The van der Waals surface area contributed by atoms with Crippen LogP contribution in [0.15, 0.2) is 60.8 Å². The number of hydrogen-bond donors (Lipinski definition) is 1. The summed E-state index contributed by atoms with van der Waals surface area (Å²) in [6.07, 6.45) is 1.82. The van der Waals surface area contributed by atoms with Crippen LogP contribution in [0.4, 0.5) is 17.3 Å². The molecule has 1 saturated heterocycles. The van der Waals surface area contributed by atoms with Gasteiger partial charge < -0.3 is 24.4 Å². The Morgan fingerprint density at radius 1 is 0.909 bits per heavy atom. The fourth-order valence-electron chi connectivity index (χ4n) is 3.84. The van der Waals surface area contributed by atoms with E-state index in [4.69, 9.17) is 24.2 Å². The molecule has 0 bridgehead atoms. The number of para-hydroxylation sites is 1. The SMILES string of the molecule is COc1cc2nc(-c3ccc(N4CCOCC4)nc3)nc(Nc3ccccc3)c2cc1OC. The molecule has 1 aliphatic rings. The van der Waals surface area contributed by atoms with Crippen LogP contribution in [0.5, 0.6) is 11.5 Å². The van der Waals surface area contributed by atoms with Gasteiger partial charge in [-0.2, -0.15) is 0 Å². The van der Waals surface area contributed by atoms with E-state index in [0.717, 1.165) is 54.3 Å². The lowest BCUT2D eigenvalue weighted by Gasteiger charge is -2.27. The van der Waals surface area contributed by atoms with Gasteiger partial charge in [0.05, 0.1) is 33.0 Å². The average molecular weight is 444 g/mol. The van der Waals surface area contributed by atoms with Crippen molar-refractivity contribution in [2.45, 2.75) is 0 Å². The zero-order chi connectivity index (χ0) is 22.6. The molecule has 0 spiro atoms. The van der Waals surface area contributed by atoms with Crippen LogP contribution < -0.4 is 19.7 Å². The number of morpholine rings is 1. The number of pyridine rings is 1. The number of rotatable bonds is 6. The third-order valence-corrected chi connectivity index (χ3v) is 5.58. The van der Waals surface area contributed by atoms with Crippen molar-refractivity contribution >= 4 is 28.2 Å². The van der Waals surface area contributed by atoms with Gasteiger partial charge in [-0.15, -0.1) is 0 Å². The highest BCUT2D eigenvalue weighted by Gasteiger charge is 2.16. The van der Waals surface area contributed by atoms with E-state index >= 15 is 0 Å². The molecule has 8 nitrogen and oxygen atoms in total. The van der Waals surface area contributed by atoms with E-state index in [9.17, 15) is 0 Å². The van der Waals surface area contributed by atoms with Crippen LogP contribution in [0.25, 0.3) is 22.3 Å². The third kappa shape index (κ3) is 4.38. The van der Waals surface area contributed by atoms with E-state index in [0.29, 0.717) is 23.1 Å². The van der Waals surface area contributed by atoms with Gasteiger partial charge >= 0.3 is 0 Å². The number of benzene rings is 2. The lowest BCUT2D eigenvalue weighted by atomic mass is 10.1. The predicted molar refractivity (Wildman–Crippen MR) is 129 cm³/mol. The number of nitrogens with one attached hydrogen (secondary N) is 1. The van der Waals surface area contributed by atoms with E-state index in [1.54, 1.807) is 14.2 Å². The maximum atomic E-state index is 5.50. The van der Waals surface area contributed by atoms with Crippen molar-refractivity contribution in [2.75, 3.05) is 50.7 Å². The first-order chi connectivity index (χ1) is 16.2. The lowest BCUT2D eigenvalue weighted by molar-refractivity contribution is 0.122. The average Bonchev–Trinajstić information content (AvgIpc) is 2.89. The van der Waals surface area contributed by atoms with Gasteiger partial charge in [-0.05, 0) is 30.3 Å². The second kappa shape index (κ2) is 9.30. The zero-order valence-electron chi connectivity index (χ0n) is 18.6. The van der Waals surface area contributed by atoms with Crippen LogP contribution in [-0.2, 0) is 4.74 Å². The molecule has 1 aliphatic heterocycles. The first-order valence-corrected chi connectivity index (χ1v) is 10.8. The summed E-state index contributed by atoms with van der Waals surface area (Å²) < 4.78 is 16.4. The summed E-state index contributed by atoms with van der Waals surface area (Å²) in [5.41, 5.74) is 2.51. The predicted octanol–water partition coefficient (Wildman–Crippen LogP) is 4.29. The minimum atomic E-state index is 0.578. The van der Waals surface area contributed by atoms with E-state index in [1.165, 1.54) is 0 Å². The van der Waals surface area contributed by atoms with Gasteiger partial charge in [-0.25, -0.2) is 15.0 Å².